The van der Waals surface area contributed by atoms with Crippen molar-refractivity contribution >= 4 is 27.3 Å². The van der Waals surface area contributed by atoms with Crippen molar-refractivity contribution in [2.24, 2.45) is 0 Å². The molecule has 0 saturated carbocycles. The Balaban J connectivity index is 1.97. The zero-order chi connectivity index (χ0) is 21.0. The second-order valence-electron chi connectivity index (χ2n) is 6.82. The first-order valence-corrected chi connectivity index (χ1v) is 10.6. The van der Waals surface area contributed by atoms with Crippen LogP contribution in [0, 0.1) is 0 Å². The van der Waals surface area contributed by atoms with Crippen LogP contribution in [0.25, 0.3) is 0 Å². The summed E-state index contributed by atoms with van der Waals surface area (Å²) >= 11 is 0. The minimum absolute atomic E-state index is 0.0598. The lowest BCUT2D eigenvalue weighted by atomic mass is 10.1. The van der Waals surface area contributed by atoms with Crippen molar-refractivity contribution in [3.63, 3.8) is 0 Å². The third-order valence-corrected chi connectivity index (χ3v) is 6.30. The van der Waals surface area contributed by atoms with Gasteiger partial charge in [-0.15, -0.1) is 0 Å². The van der Waals surface area contributed by atoms with E-state index < -0.39 is 10.0 Å². The third kappa shape index (κ3) is 4.30. The van der Waals surface area contributed by atoms with Gasteiger partial charge in [-0.25, -0.2) is 8.42 Å². The molecule has 7 heteroatoms. The highest BCUT2D eigenvalue weighted by atomic mass is 32.2. The Bertz CT molecular complexity index is 1080. The fourth-order valence-corrected chi connectivity index (χ4v) is 4.25. The van der Waals surface area contributed by atoms with Gasteiger partial charge >= 0.3 is 0 Å². The SMILES string of the molecule is CC(C)N(C(=O)c1cccc(S(=O)(=O)N(C)c2ccccc2)c1)c1cccnc1. The molecular formula is C22H23N3O3S. The number of nitrogens with zero attached hydrogens (tertiary/aromatic N) is 3. The maximum Gasteiger partial charge on any atom is 0.264 e. The zero-order valence-corrected chi connectivity index (χ0v) is 17.4. The van der Waals surface area contributed by atoms with Crippen LogP contribution in [0.3, 0.4) is 0 Å². The quantitative estimate of drug-likeness (QED) is 0.618. The van der Waals surface area contributed by atoms with Crippen LogP contribution in [-0.4, -0.2) is 32.4 Å². The van der Waals surface area contributed by atoms with Crippen molar-refractivity contribution in [2.45, 2.75) is 24.8 Å². The van der Waals surface area contributed by atoms with Gasteiger partial charge in [0, 0.05) is 24.8 Å². The summed E-state index contributed by atoms with van der Waals surface area (Å²) in [7, 11) is -2.31. The highest BCUT2D eigenvalue weighted by Crippen LogP contribution is 2.24. The van der Waals surface area contributed by atoms with Gasteiger partial charge in [-0.3, -0.25) is 14.1 Å². The number of carbonyl (C=O) groups excluding carboxylic acids is 1. The average Bonchev–Trinajstić information content (AvgIpc) is 2.74. The summed E-state index contributed by atoms with van der Waals surface area (Å²) in [6.07, 6.45) is 3.25. The minimum Gasteiger partial charge on any atom is -0.304 e. The maximum atomic E-state index is 13.2. The lowest BCUT2D eigenvalue weighted by Gasteiger charge is -2.27. The first kappa shape index (κ1) is 20.5. The van der Waals surface area contributed by atoms with Gasteiger partial charge in [-0.1, -0.05) is 24.3 Å². The summed E-state index contributed by atoms with van der Waals surface area (Å²) in [5, 5.41) is 0. The predicted octanol–water partition coefficient (Wildman–Crippen LogP) is 3.96. The van der Waals surface area contributed by atoms with Crippen molar-refractivity contribution in [3.05, 3.63) is 84.7 Å². The monoisotopic (exact) mass is 409 g/mol. The number of anilines is 2. The van der Waals surface area contributed by atoms with Crippen LogP contribution in [0.5, 0.6) is 0 Å². The number of hydrogen-bond acceptors (Lipinski definition) is 4. The molecule has 0 fully saturated rings. The molecule has 6 nitrogen and oxygen atoms in total. The largest absolute Gasteiger partial charge is 0.304 e. The molecule has 0 radical (unpaired) electrons. The number of aromatic nitrogens is 1. The molecule has 29 heavy (non-hydrogen) atoms. The summed E-state index contributed by atoms with van der Waals surface area (Å²) in [6, 6.07) is 18.4. The number of benzene rings is 2. The third-order valence-electron chi connectivity index (χ3n) is 4.52. The van der Waals surface area contributed by atoms with E-state index in [0.717, 1.165) is 0 Å². The van der Waals surface area contributed by atoms with Gasteiger partial charge in [0.15, 0.2) is 0 Å². The number of para-hydroxylation sites is 1. The molecule has 2 aromatic carbocycles. The Hall–Kier alpha value is -3.19. The van der Waals surface area contributed by atoms with Gasteiger partial charge in [0.1, 0.15) is 0 Å². The highest BCUT2D eigenvalue weighted by molar-refractivity contribution is 7.92. The van der Waals surface area contributed by atoms with Gasteiger partial charge in [-0.2, -0.15) is 0 Å². The van der Waals surface area contributed by atoms with Crippen LogP contribution < -0.4 is 9.21 Å². The predicted molar refractivity (Wildman–Crippen MR) is 115 cm³/mol. The Morgan fingerprint density at radius 1 is 0.931 bits per heavy atom. The van der Waals surface area contributed by atoms with Crippen molar-refractivity contribution in [1.29, 1.82) is 0 Å². The number of carbonyl (C=O) groups is 1. The normalized spacial score (nSPS) is 11.3. The Morgan fingerprint density at radius 2 is 1.62 bits per heavy atom. The number of amides is 1. The standard InChI is InChI=1S/C22H23N3O3S/c1-17(2)25(20-12-8-14-23-16-20)22(26)18-9-7-13-21(15-18)29(27,28)24(3)19-10-5-4-6-11-19/h4-17H,1-3H3. The summed E-state index contributed by atoms with van der Waals surface area (Å²) in [6.45, 7) is 3.79. The first-order chi connectivity index (χ1) is 13.8. The molecule has 3 rings (SSSR count). The van der Waals surface area contributed by atoms with E-state index in [1.165, 1.54) is 23.5 Å². The molecule has 0 aliphatic rings. The van der Waals surface area contributed by atoms with Gasteiger partial charge < -0.3 is 4.90 Å². The van der Waals surface area contributed by atoms with E-state index in [4.69, 9.17) is 0 Å². The van der Waals surface area contributed by atoms with E-state index in [-0.39, 0.29) is 16.8 Å². The number of pyridine rings is 1. The smallest absolute Gasteiger partial charge is 0.264 e. The van der Waals surface area contributed by atoms with Crippen molar-refractivity contribution in [3.8, 4) is 0 Å². The number of hydrogen-bond donors (Lipinski definition) is 0. The lowest BCUT2D eigenvalue weighted by molar-refractivity contribution is 0.0980. The summed E-state index contributed by atoms with van der Waals surface area (Å²) in [4.78, 5) is 18.9. The van der Waals surface area contributed by atoms with E-state index in [1.807, 2.05) is 19.9 Å². The topological polar surface area (TPSA) is 70.6 Å². The Kier molecular flexibility index (Phi) is 5.98. The van der Waals surface area contributed by atoms with Crippen LogP contribution in [0.1, 0.15) is 24.2 Å². The highest BCUT2D eigenvalue weighted by Gasteiger charge is 2.25. The molecule has 0 aliphatic carbocycles. The van der Waals surface area contributed by atoms with Gasteiger partial charge in [0.2, 0.25) is 0 Å². The van der Waals surface area contributed by atoms with Crippen molar-refractivity contribution < 1.29 is 13.2 Å². The first-order valence-electron chi connectivity index (χ1n) is 9.20. The molecule has 150 valence electrons. The summed E-state index contributed by atoms with van der Waals surface area (Å²) < 4.78 is 27.4. The van der Waals surface area contributed by atoms with Crippen LogP contribution in [0.15, 0.2) is 84.0 Å². The lowest BCUT2D eigenvalue weighted by Crippen LogP contribution is -2.37. The molecule has 0 aliphatic heterocycles. The summed E-state index contributed by atoms with van der Waals surface area (Å²) in [5.41, 5.74) is 1.50. The van der Waals surface area contributed by atoms with Gasteiger partial charge in [0.25, 0.3) is 15.9 Å². The van der Waals surface area contributed by atoms with Crippen molar-refractivity contribution in [2.75, 3.05) is 16.3 Å². The van der Waals surface area contributed by atoms with E-state index in [2.05, 4.69) is 4.98 Å². The fourth-order valence-electron chi connectivity index (χ4n) is 3.01. The second-order valence-corrected chi connectivity index (χ2v) is 8.79. The second kappa shape index (κ2) is 8.45. The molecule has 0 unspecified atom stereocenters. The van der Waals surface area contributed by atoms with Crippen LogP contribution >= 0.6 is 0 Å². The van der Waals surface area contributed by atoms with E-state index in [1.54, 1.807) is 65.8 Å². The molecule has 0 spiro atoms. The number of sulfonamides is 1. The Morgan fingerprint density at radius 3 is 2.24 bits per heavy atom. The van der Waals surface area contributed by atoms with E-state index in [0.29, 0.717) is 16.9 Å². The molecule has 3 aromatic rings. The van der Waals surface area contributed by atoms with Gasteiger partial charge in [-0.05, 0) is 56.3 Å². The zero-order valence-electron chi connectivity index (χ0n) is 16.6. The number of rotatable bonds is 6. The molecule has 1 heterocycles. The molecule has 0 N–H and O–H groups in total. The fraction of sp³-hybridized carbons (Fsp3) is 0.182. The van der Waals surface area contributed by atoms with Crippen LogP contribution in [-0.2, 0) is 10.0 Å². The average molecular weight is 410 g/mol. The minimum atomic E-state index is -3.81. The van der Waals surface area contributed by atoms with E-state index >= 15 is 0 Å². The molecular weight excluding hydrogens is 386 g/mol. The molecule has 0 bridgehead atoms. The van der Waals surface area contributed by atoms with Gasteiger partial charge in [0.05, 0.1) is 22.5 Å². The molecule has 0 atom stereocenters. The molecule has 1 aromatic heterocycles. The summed E-state index contributed by atoms with van der Waals surface area (Å²) in [5.74, 6) is -0.285. The van der Waals surface area contributed by atoms with Crippen molar-refractivity contribution in [1.82, 2.24) is 4.98 Å². The van der Waals surface area contributed by atoms with Crippen LogP contribution in [0.2, 0.25) is 0 Å². The van der Waals surface area contributed by atoms with Crippen LogP contribution in [0.4, 0.5) is 11.4 Å². The maximum absolute atomic E-state index is 13.2. The molecule has 0 saturated heterocycles. The Labute approximate surface area is 171 Å². The van der Waals surface area contributed by atoms with E-state index in [9.17, 15) is 13.2 Å². The molecule has 1 amide bonds.